The minimum Gasteiger partial charge on any atom is -0.393 e. The lowest BCUT2D eigenvalue weighted by molar-refractivity contribution is -0.0377. The predicted octanol–water partition coefficient (Wildman–Crippen LogP) is 7.55. The number of aliphatic hydroxyl groups excluding tert-OH is 1. The van der Waals surface area contributed by atoms with E-state index in [1.807, 2.05) is 11.1 Å². The van der Waals surface area contributed by atoms with Crippen LogP contribution in [0.5, 0.6) is 0 Å². The summed E-state index contributed by atoms with van der Waals surface area (Å²) in [4.78, 5) is 0. The van der Waals surface area contributed by atoms with E-state index in [1.54, 1.807) is 0 Å². The average Bonchev–Trinajstić information content (AvgIpc) is 3.03. The van der Waals surface area contributed by atoms with Crippen molar-refractivity contribution in [1.82, 2.24) is 0 Å². The van der Waals surface area contributed by atoms with Gasteiger partial charge in [0, 0.05) is 0 Å². The SMILES string of the molecule is CC(C)C(C)/C=C/C(C)C1CCC2=C3CC[C@H]4C[C@@H](O)CCC4(C)C3CCC21C. The van der Waals surface area contributed by atoms with Crippen molar-refractivity contribution in [2.75, 3.05) is 0 Å². The zero-order valence-electron chi connectivity index (χ0n) is 20.0. The molecule has 0 aromatic carbocycles. The van der Waals surface area contributed by atoms with Crippen molar-refractivity contribution in [3.63, 3.8) is 0 Å². The quantitative estimate of drug-likeness (QED) is 0.484. The number of fused-ring (bicyclic) bond motifs is 4. The van der Waals surface area contributed by atoms with Crippen LogP contribution >= 0.6 is 0 Å². The van der Waals surface area contributed by atoms with Crippen molar-refractivity contribution in [2.45, 2.75) is 105 Å². The molecule has 4 rings (SSSR count). The highest BCUT2D eigenvalue weighted by Crippen LogP contribution is 2.65. The molecule has 1 heteroatoms. The van der Waals surface area contributed by atoms with Crippen LogP contribution in [-0.4, -0.2) is 11.2 Å². The maximum atomic E-state index is 10.3. The molecular weight excluding hydrogens is 352 g/mol. The highest BCUT2D eigenvalue weighted by atomic mass is 16.3. The fourth-order valence-corrected chi connectivity index (χ4v) is 8.06. The van der Waals surface area contributed by atoms with E-state index in [-0.39, 0.29) is 6.10 Å². The van der Waals surface area contributed by atoms with Crippen molar-refractivity contribution < 1.29 is 5.11 Å². The van der Waals surface area contributed by atoms with Crippen LogP contribution in [0.4, 0.5) is 0 Å². The van der Waals surface area contributed by atoms with E-state index in [1.165, 1.54) is 44.9 Å². The standard InChI is InChI=1S/C28H46O/c1-18(2)19(3)7-8-20(4)24-11-12-25-23-10-9-21-17-22(29)13-15-27(21,5)26(23)14-16-28(24,25)6/h7-8,18-22,24,26,29H,9-17H2,1-6H3/b8-7+/t19?,20?,21-,22-,24?,26?,27?,28?/m0/s1. The first kappa shape index (κ1) is 21.7. The molecular formula is C28H46O. The molecule has 4 aliphatic carbocycles. The molecule has 0 spiro atoms. The zero-order chi connectivity index (χ0) is 21.0. The second-order valence-corrected chi connectivity index (χ2v) is 12.2. The van der Waals surface area contributed by atoms with Crippen molar-refractivity contribution >= 4 is 0 Å². The molecule has 0 saturated heterocycles. The number of aliphatic hydroxyl groups is 1. The average molecular weight is 399 g/mol. The van der Waals surface area contributed by atoms with Gasteiger partial charge in [-0.3, -0.25) is 0 Å². The Kier molecular flexibility index (Phi) is 5.86. The summed E-state index contributed by atoms with van der Waals surface area (Å²) in [6, 6.07) is 0. The van der Waals surface area contributed by atoms with Crippen molar-refractivity contribution in [3.05, 3.63) is 23.3 Å². The molecule has 6 unspecified atom stereocenters. The van der Waals surface area contributed by atoms with Gasteiger partial charge in [0.25, 0.3) is 0 Å². The maximum absolute atomic E-state index is 10.3. The van der Waals surface area contributed by atoms with Gasteiger partial charge in [-0.15, -0.1) is 0 Å². The summed E-state index contributed by atoms with van der Waals surface area (Å²) in [6.45, 7) is 14.7. The molecule has 0 aliphatic heterocycles. The Morgan fingerprint density at radius 2 is 1.69 bits per heavy atom. The van der Waals surface area contributed by atoms with Gasteiger partial charge in [0.05, 0.1) is 6.10 Å². The normalized spacial score (nSPS) is 44.6. The molecule has 0 heterocycles. The van der Waals surface area contributed by atoms with Gasteiger partial charge in [-0.2, -0.15) is 0 Å². The lowest BCUT2D eigenvalue weighted by Gasteiger charge is -2.56. The largest absolute Gasteiger partial charge is 0.393 e. The van der Waals surface area contributed by atoms with E-state index in [4.69, 9.17) is 0 Å². The molecule has 1 N–H and O–H groups in total. The molecule has 0 bridgehead atoms. The third-order valence-electron chi connectivity index (χ3n) is 10.4. The number of rotatable bonds is 4. The molecule has 0 aromatic heterocycles. The van der Waals surface area contributed by atoms with Crippen LogP contribution in [-0.2, 0) is 0 Å². The van der Waals surface area contributed by atoms with Crippen LogP contribution in [0.2, 0.25) is 0 Å². The maximum Gasteiger partial charge on any atom is 0.0543 e. The Labute approximate surface area is 180 Å². The molecule has 164 valence electrons. The molecule has 0 radical (unpaired) electrons. The number of hydrogen-bond acceptors (Lipinski definition) is 1. The smallest absolute Gasteiger partial charge is 0.0543 e. The second-order valence-electron chi connectivity index (χ2n) is 12.2. The summed E-state index contributed by atoms with van der Waals surface area (Å²) in [7, 11) is 0. The third kappa shape index (κ3) is 3.58. The molecule has 0 amide bonds. The first-order valence-electron chi connectivity index (χ1n) is 12.8. The van der Waals surface area contributed by atoms with Gasteiger partial charge in [0.15, 0.2) is 0 Å². The van der Waals surface area contributed by atoms with Crippen LogP contribution in [0.1, 0.15) is 99.3 Å². The predicted molar refractivity (Wildman–Crippen MR) is 124 cm³/mol. The van der Waals surface area contributed by atoms with Crippen LogP contribution in [0.25, 0.3) is 0 Å². The van der Waals surface area contributed by atoms with Crippen LogP contribution in [0.15, 0.2) is 23.3 Å². The lowest BCUT2D eigenvalue weighted by Crippen LogP contribution is -2.48. The summed E-state index contributed by atoms with van der Waals surface area (Å²) in [5.41, 5.74) is 4.68. The third-order valence-corrected chi connectivity index (χ3v) is 10.4. The minimum atomic E-state index is -0.0344. The molecule has 0 aromatic rings. The lowest BCUT2D eigenvalue weighted by atomic mass is 9.49. The Bertz CT molecular complexity index is 672. The van der Waals surface area contributed by atoms with E-state index in [0.29, 0.717) is 22.7 Å². The van der Waals surface area contributed by atoms with E-state index >= 15 is 0 Å². The van der Waals surface area contributed by atoms with E-state index in [2.05, 4.69) is 53.7 Å². The Balaban J connectivity index is 1.58. The van der Waals surface area contributed by atoms with Gasteiger partial charge in [0.1, 0.15) is 0 Å². The van der Waals surface area contributed by atoms with Gasteiger partial charge in [-0.05, 0) is 104 Å². The Morgan fingerprint density at radius 1 is 0.931 bits per heavy atom. The fourth-order valence-electron chi connectivity index (χ4n) is 8.06. The molecule has 29 heavy (non-hydrogen) atoms. The molecule has 3 saturated carbocycles. The van der Waals surface area contributed by atoms with Crippen molar-refractivity contribution in [3.8, 4) is 0 Å². The zero-order valence-corrected chi connectivity index (χ0v) is 20.0. The minimum absolute atomic E-state index is 0.0344. The first-order chi connectivity index (χ1) is 13.7. The van der Waals surface area contributed by atoms with Crippen LogP contribution < -0.4 is 0 Å². The van der Waals surface area contributed by atoms with Gasteiger partial charge >= 0.3 is 0 Å². The molecule has 8 atom stereocenters. The molecule has 4 aliphatic rings. The van der Waals surface area contributed by atoms with Gasteiger partial charge < -0.3 is 5.11 Å². The Morgan fingerprint density at radius 3 is 2.41 bits per heavy atom. The Hall–Kier alpha value is -0.560. The summed E-state index contributed by atoms with van der Waals surface area (Å²) in [5, 5.41) is 10.3. The van der Waals surface area contributed by atoms with Gasteiger partial charge in [-0.1, -0.05) is 64.8 Å². The van der Waals surface area contributed by atoms with Gasteiger partial charge in [0.2, 0.25) is 0 Å². The van der Waals surface area contributed by atoms with E-state index < -0.39 is 0 Å². The molecule has 1 nitrogen and oxygen atoms in total. The highest BCUT2D eigenvalue weighted by molar-refractivity contribution is 5.35. The van der Waals surface area contributed by atoms with Crippen LogP contribution in [0.3, 0.4) is 0 Å². The topological polar surface area (TPSA) is 20.2 Å². The van der Waals surface area contributed by atoms with E-state index in [0.717, 1.165) is 36.5 Å². The van der Waals surface area contributed by atoms with Crippen LogP contribution in [0, 0.1) is 46.3 Å². The van der Waals surface area contributed by atoms with Crippen molar-refractivity contribution in [2.24, 2.45) is 46.3 Å². The second kappa shape index (κ2) is 7.85. The summed E-state index contributed by atoms with van der Waals surface area (Å²) < 4.78 is 0. The monoisotopic (exact) mass is 398 g/mol. The first-order valence-corrected chi connectivity index (χ1v) is 12.8. The number of hydrogen-bond donors (Lipinski definition) is 1. The number of allylic oxidation sites excluding steroid dienone is 4. The highest BCUT2D eigenvalue weighted by Gasteiger charge is 2.55. The van der Waals surface area contributed by atoms with Gasteiger partial charge in [-0.25, -0.2) is 0 Å². The summed E-state index contributed by atoms with van der Waals surface area (Å²) >= 11 is 0. The van der Waals surface area contributed by atoms with E-state index in [9.17, 15) is 5.11 Å². The fraction of sp³-hybridized carbons (Fsp3) is 0.857. The summed E-state index contributed by atoms with van der Waals surface area (Å²) in [6.07, 6.45) is 16.5. The molecule has 3 fully saturated rings. The van der Waals surface area contributed by atoms with Crippen molar-refractivity contribution in [1.29, 1.82) is 0 Å². The summed E-state index contributed by atoms with van der Waals surface area (Å²) in [5.74, 6) is 4.48.